The third-order valence-electron chi connectivity index (χ3n) is 6.01. The molecule has 5 nitrogen and oxygen atoms in total. The zero-order chi connectivity index (χ0) is 24.2. The van der Waals surface area contributed by atoms with Crippen LogP contribution in [0, 0.1) is 0 Å². The molecule has 0 spiro atoms. The summed E-state index contributed by atoms with van der Waals surface area (Å²) in [7, 11) is 0. The van der Waals surface area contributed by atoms with E-state index in [-0.39, 0.29) is 5.91 Å². The number of hydrazone groups is 1. The normalized spacial score (nSPS) is 13.7. The molecule has 1 aromatic heterocycles. The molecule has 35 heavy (non-hydrogen) atoms. The molecule has 4 aromatic rings. The molecule has 2 heterocycles. The highest BCUT2D eigenvalue weighted by molar-refractivity contribution is 6.36. The lowest BCUT2D eigenvalue weighted by Gasteiger charge is -2.28. The van der Waals surface area contributed by atoms with Gasteiger partial charge in [0, 0.05) is 35.8 Å². The Balaban J connectivity index is 1.15. The summed E-state index contributed by atoms with van der Waals surface area (Å²) in [6.45, 7) is 2.84. The van der Waals surface area contributed by atoms with E-state index >= 15 is 0 Å². The van der Waals surface area contributed by atoms with E-state index in [0.717, 1.165) is 31.6 Å². The highest BCUT2D eigenvalue weighted by atomic mass is 35.5. The second-order valence-corrected chi connectivity index (χ2v) is 9.30. The lowest BCUT2D eigenvalue weighted by Crippen LogP contribution is -2.30. The van der Waals surface area contributed by atoms with Crippen molar-refractivity contribution < 1.29 is 9.21 Å². The second-order valence-electron chi connectivity index (χ2n) is 8.45. The molecule has 1 amide bonds. The highest BCUT2D eigenvalue weighted by Gasteiger charge is 2.16. The van der Waals surface area contributed by atoms with Gasteiger partial charge in [0.1, 0.15) is 11.5 Å². The minimum absolute atomic E-state index is 0.285. The smallest absolute Gasteiger partial charge is 0.271 e. The lowest BCUT2D eigenvalue weighted by molar-refractivity contribution is 0.0955. The van der Waals surface area contributed by atoms with Gasteiger partial charge in [-0.1, -0.05) is 59.6 Å². The van der Waals surface area contributed by atoms with Crippen LogP contribution in [-0.2, 0) is 19.5 Å². The third-order valence-corrected chi connectivity index (χ3v) is 6.56. The molecule has 0 saturated carbocycles. The summed E-state index contributed by atoms with van der Waals surface area (Å²) in [6.07, 6.45) is 2.52. The number of rotatable bonds is 6. The Morgan fingerprint density at radius 3 is 2.60 bits per heavy atom. The standard InChI is InChI=1S/C28H23Cl2N3O2/c29-23-9-11-25(26(30)15-23)27-12-10-24(35-27)16-31-32-28(34)21-7-5-19(6-8-21)17-33-14-13-20-3-1-2-4-22(20)18-33/h1-12,15-16H,13-14,17-18H2,(H,32,34)/b31-16+. The molecular formula is C28H23Cl2N3O2. The predicted octanol–water partition coefficient (Wildman–Crippen LogP) is 6.58. The van der Waals surface area contributed by atoms with Gasteiger partial charge in [-0.3, -0.25) is 9.69 Å². The number of carbonyl (C=O) groups excluding carboxylic acids is 1. The third kappa shape index (κ3) is 5.65. The zero-order valence-electron chi connectivity index (χ0n) is 18.9. The molecule has 0 aliphatic carbocycles. The van der Waals surface area contributed by atoms with Crippen LogP contribution in [0.1, 0.15) is 32.8 Å². The molecule has 0 saturated heterocycles. The monoisotopic (exact) mass is 503 g/mol. The summed E-state index contributed by atoms with van der Waals surface area (Å²) in [4.78, 5) is 14.9. The van der Waals surface area contributed by atoms with Crippen LogP contribution in [0.15, 0.2) is 88.4 Å². The van der Waals surface area contributed by atoms with Crippen molar-refractivity contribution in [1.82, 2.24) is 10.3 Å². The molecule has 176 valence electrons. The van der Waals surface area contributed by atoms with E-state index in [1.54, 1.807) is 30.3 Å². The van der Waals surface area contributed by atoms with Crippen molar-refractivity contribution in [1.29, 1.82) is 0 Å². The number of nitrogens with one attached hydrogen (secondary N) is 1. The lowest BCUT2D eigenvalue weighted by atomic mass is 9.99. The SMILES string of the molecule is O=C(N/N=C/c1ccc(-c2ccc(Cl)cc2Cl)o1)c1ccc(CN2CCc3ccccc3C2)cc1. The van der Waals surface area contributed by atoms with Gasteiger partial charge >= 0.3 is 0 Å². The molecular weight excluding hydrogens is 481 g/mol. The number of hydrogen-bond acceptors (Lipinski definition) is 4. The summed E-state index contributed by atoms with van der Waals surface area (Å²) in [5.41, 5.74) is 7.83. The molecule has 0 atom stereocenters. The van der Waals surface area contributed by atoms with Crippen LogP contribution in [0.3, 0.4) is 0 Å². The molecule has 5 rings (SSSR count). The maximum Gasteiger partial charge on any atom is 0.271 e. The summed E-state index contributed by atoms with van der Waals surface area (Å²) in [5, 5.41) is 5.07. The van der Waals surface area contributed by atoms with Crippen LogP contribution < -0.4 is 5.43 Å². The van der Waals surface area contributed by atoms with Gasteiger partial charge in [-0.15, -0.1) is 0 Å². The van der Waals surface area contributed by atoms with Crippen LogP contribution in [0.5, 0.6) is 0 Å². The molecule has 0 unspecified atom stereocenters. The Kier molecular flexibility index (Phi) is 7.00. The van der Waals surface area contributed by atoms with E-state index < -0.39 is 0 Å². The van der Waals surface area contributed by atoms with Gasteiger partial charge in [-0.2, -0.15) is 5.10 Å². The Labute approximate surface area is 214 Å². The molecule has 0 fully saturated rings. The van der Waals surface area contributed by atoms with E-state index in [0.29, 0.717) is 27.1 Å². The van der Waals surface area contributed by atoms with Crippen LogP contribution in [-0.4, -0.2) is 23.6 Å². The summed E-state index contributed by atoms with van der Waals surface area (Å²) >= 11 is 12.2. The average Bonchev–Trinajstić information content (AvgIpc) is 3.33. The minimum Gasteiger partial charge on any atom is -0.455 e. The van der Waals surface area contributed by atoms with E-state index in [1.807, 2.05) is 24.3 Å². The molecule has 1 N–H and O–H groups in total. The number of hydrogen-bond donors (Lipinski definition) is 1. The minimum atomic E-state index is -0.285. The number of amides is 1. The van der Waals surface area contributed by atoms with Crippen molar-refractivity contribution in [3.8, 4) is 11.3 Å². The molecule has 0 radical (unpaired) electrons. The van der Waals surface area contributed by atoms with Gasteiger partial charge < -0.3 is 4.42 Å². The van der Waals surface area contributed by atoms with Crippen LogP contribution in [0.4, 0.5) is 0 Å². The van der Waals surface area contributed by atoms with Crippen LogP contribution >= 0.6 is 23.2 Å². The van der Waals surface area contributed by atoms with Crippen molar-refractivity contribution in [2.75, 3.05) is 6.54 Å². The van der Waals surface area contributed by atoms with Crippen LogP contribution in [0.2, 0.25) is 10.0 Å². The predicted molar refractivity (Wildman–Crippen MR) is 140 cm³/mol. The number of benzene rings is 3. The number of halogens is 2. The molecule has 7 heteroatoms. The number of furan rings is 1. The number of fused-ring (bicyclic) bond motifs is 1. The van der Waals surface area contributed by atoms with E-state index in [9.17, 15) is 4.79 Å². The maximum absolute atomic E-state index is 12.5. The summed E-state index contributed by atoms with van der Waals surface area (Å²) in [5.74, 6) is 0.796. The van der Waals surface area contributed by atoms with Gasteiger partial charge in [0.15, 0.2) is 0 Å². The summed E-state index contributed by atoms with van der Waals surface area (Å²) < 4.78 is 5.76. The topological polar surface area (TPSA) is 57.8 Å². The van der Waals surface area contributed by atoms with Gasteiger partial charge in [0.2, 0.25) is 0 Å². The summed E-state index contributed by atoms with van der Waals surface area (Å²) in [6, 6.07) is 25.0. The largest absolute Gasteiger partial charge is 0.455 e. The van der Waals surface area contributed by atoms with Gasteiger partial charge in [-0.25, -0.2) is 5.43 Å². The van der Waals surface area contributed by atoms with E-state index in [4.69, 9.17) is 27.6 Å². The average molecular weight is 504 g/mol. The first-order valence-corrected chi connectivity index (χ1v) is 12.1. The van der Waals surface area contributed by atoms with E-state index in [1.165, 1.54) is 22.9 Å². The van der Waals surface area contributed by atoms with Crippen molar-refractivity contribution in [3.05, 3.63) is 117 Å². The fraction of sp³-hybridized carbons (Fsp3) is 0.143. The maximum atomic E-state index is 12.5. The molecule has 3 aromatic carbocycles. The molecule has 1 aliphatic heterocycles. The Hall–Kier alpha value is -3.38. The first kappa shape index (κ1) is 23.4. The number of carbonyl (C=O) groups is 1. The van der Waals surface area contributed by atoms with Crippen molar-refractivity contribution in [3.63, 3.8) is 0 Å². The molecule has 1 aliphatic rings. The Morgan fingerprint density at radius 1 is 1.00 bits per heavy atom. The fourth-order valence-corrected chi connectivity index (χ4v) is 4.69. The highest BCUT2D eigenvalue weighted by Crippen LogP contribution is 2.31. The van der Waals surface area contributed by atoms with Gasteiger partial charge in [-0.05, 0) is 65.6 Å². The fourth-order valence-electron chi connectivity index (χ4n) is 4.18. The second kappa shape index (κ2) is 10.5. The van der Waals surface area contributed by atoms with E-state index in [2.05, 4.69) is 39.7 Å². The first-order chi connectivity index (χ1) is 17.0. The van der Waals surface area contributed by atoms with Gasteiger partial charge in [0.25, 0.3) is 5.91 Å². The molecule has 0 bridgehead atoms. The number of nitrogens with zero attached hydrogens (tertiary/aromatic N) is 2. The van der Waals surface area contributed by atoms with Crippen molar-refractivity contribution in [2.24, 2.45) is 5.10 Å². The van der Waals surface area contributed by atoms with Gasteiger partial charge in [0.05, 0.1) is 11.2 Å². The van der Waals surface area contributed by atoms with Crippen molar-refractivity contribution in [2.45, 2.75) is 19.5 Å². The quantitative estimate of drug-likeness (QED) is 0.239. The Morgan fingerprint density at radius 2 is 1.80 bits per heavy atom. The van der Waals surface area contributed by atoms with Crippen molar-refractivity contribution >= 4 is 35.3 Å². The Bertz CT molecular complexity index is 1380. The first-order valence-electron chi connectivity index (χ1n) is 11.3. The van der Waals surface area contributed by atoms with Crippen LogP contribution in [0.25, 0.3) is 11.3 Å². The zero-order valence-corrected chi connectivity index (χ0v) is 20.4.